The zero-order chi connectivity index (χ0) is 14.7. The molecule has 0 atom stereocenters. The average Bonchev–Trinajstić information content (AvgIpc) is 2.41. The van der Waals surface area contributed by atoms with Gasteiger partial charge in [0, 0.05) is 0 Å². The molecule has 2 rings (SSSR count). The molecule has 2 aromatic carbocycles. The number of carboxylic acids is 2. The highest BCUT2D eigenvalue weighted by Gasteiger charge is 2.15. The fraction of sp³-hybridized carbons (Fsp3) is 0. The van der Waals surface area contributed by atoms with Crippen LogP contribution in [-0.2, 0) is 0 Å². The molecule has 5 nitrogen and oxygen atoms in total. The van der Waals surface area contributed by atoms with Crippen LogP contribution in [0.1, 0.15) is 20.7 Å². The molecule has 6 heteroatoms. The normalized spacial score (nSPS) is 10.1. The standard InChI is InChI=1S/C14H9FO5/c15-9-2-4-10(5-3-9)20-12-7-8(13(16)17)1-6-11(12)14(18)19/h1-7H,(H,16,17)(H,18,19). The third-order valence-corrected chi connectivity index (χ3v) is 2.50. The molecule has 0 saturated carbocycles. The number of carbonyl (C=O) groups is 2. The first-order valence-electron chi connectivity index (χ1n) is 5.51. The average molecular weight is 276 g/mol. The van der Waals surface area contributed by atoms with Gasteiger partial charge in [0.15, 0.2) is 0 Å². The van der Waals surface area contributed by atoms with E-state index in [4.69, 9.17) is 14.9 Å². The van der Waals surface area contributed by atoms with E-state index in [1.807, 2.05) is 0 Å². The van der Waals surface area contributed by atoms with Gasteiger partial charge in [-0.25, -0.2) is 14.0 Å². The molecule has 0 bridgehead atoms. The molecule has 0 spiro atoms. The molecular formula is C14H9FO5. The van der Waals surface area contributed by atoms with Crippen molar-refractivity contribution in [2.75, 3.05) is 0 Å². The maximum atomic E-state index is 12.8. The largest absolute Gasteiger partial charge is 0.478 e. The second kappa shape index (κ2) is 5.40. The van der Waals surface area contributed by atoms with Gasteiger partial charge < -0.3 is 14.9 Å². The summed E-state index contributed by atoms with van der Waals surface area (Å²) < 4.78 is 18.1. The third-order valence-electron chi connectivity index (χ3n) is 2.50. The number of hydrogen-bond donors (Lipinski definition) is 2. The van der Waals surface area contributed by atoms with E-state index in [9.17, 15) is 14.0 Å². The molecular weight excluding hydrogens is 267 g/mol. The molecule has 2 aromatic rings. The van der Waals surface area contributed by atoms with Crippen molar-refractivity contribution < 1.29 is 28.9 Å². The van der Waals surface area contributed by atoms with Gasteiger partial charge in [0.05, 0.1) is 5.56 Å². The van der Waals surface area contributed by atoms with Gasteiger partial charge in [0.25, 0.3) is 0 Å². The minimum Gasteiger partial charge on any atom is -0.478 e. The predicted molar refractivity (Wildman–Crippen MR) is 66.8 cm³/mol. The SMILES string of the molecule is O=C(O)c1ccc(C(=O)O)c(Oc2ccc(F)cc2)c1. The lowest BCUT2D eigenvalue weighted by Gasteiger charge is -2.09. The number of hydrogen-bond acceptors (Lipinski definition) is 3. The Kier molecular flexibility index (Phi) is 3.65. The Labute approximate surface area is 112 Å². The molecule has 0 unspecified atom stereocenters. The van der Waals surface area contributed by atoms with Crippen LogP contribution in [0.2, 0.25) is 0 Å². The van der Waals surface area contributed by atoms with Crippen molar-refractivity contribution in [1.82, 2.24) is 0 Å². The van der Waals surface area contributed by atoms with Crippen LogP contribution in [0.3, 0.4) is 0 Å². The monoisotopic (exact) mass is 276 g/mol. The van der Waals surface area contributed by atoms with E-state index in [0.717, 1.165) is 24.3 Å². The van der Waals surface area contributed by atoms with Crippen LogP contribution in [0, 0.1) is 5.82 Å². The minimum atomic E-state index is -1.25. The van der Waals surface area contributed by atoms with Gasteiger partial charge >= 0.3 is 11.9 Å². The number of rotatable bonds is 4. The van der Waals surface area contributed by atoms with Gasteiger partial charge in [-0.15, -0.1) is 0 Å². The maximum Gasteiger partial charge on any atom is 0.339 e. The lowest BCUT2D eigenvalue weighted by Crippen LogP contribution is -2.03. The maximum absolute atomic E-state index is 12.8. The van der Waals surface area contributed by atoms with Crippen molar-refractivity contribution in [2.45, 2.75) is 0 Å². The van der Waals surface area contributed by atoms with E-state index in [1.165, 1.54) is 18.2 Å². The molecule has 0 aliphatic heterocycles. The number of ether oxygens (including phenoxy) is 1. The van der Waals surface area contributed by atoms with Crippen LogP contribution >= 0.6 is 0 Å². The predicted octanol–water partition coefficient (Wildman–Crippen LogP) is 3.01. The Bertz CT molecular complexity index is 664. The molecule has 102 valence electrons. The minimum absolute atomic E-state index is 0.105. The van der Waals surface area contributed by atoms with Gasteiger partial charge in [0.1, 0.15) is 22.9 Å². The first kappa shape index (κ1) is 13.5. The number of aromatic carboxylic acids is 2. The van der Waals surface area contributed by atoms with Crippen molar-refractivity contribution in [3.63, 3.8) is 0 Å². The highest BCUT2D eigenvalue weighted by Crippen LogP contribution is 2.27. The van der Waals surface area contributed by atoms with Crippen LogP contribution in [0.4, 0.5) is 4.39 Å². The van der Waals surface area contributed by atoms with E-state index in [0.29, 0.717) is 0 Å². The zero-order valence-electron chi connectivity index (χ0n) is 10.0. The van der Waals surface area contributed by atoms with Crippen LogP contribution in [-0.4, -0.2) is 22.2 Å². The molecule has 0 fully saturated rings. The first-order valence-corrected chi connectivity index (χ1v) is 5.51. The molecule has 0 heterocycles. The third kappa shape index (κ3) is 2.92. The fourth-order valence-corrected chi connectivity index (χ4v) is 1.55. The summed E-state index contributed by atoms with van der Waals surface area (Å²) in [6, 6.07) is 8.35. The molecule has 0 amide bonds. The summed E-state index contributed by atoms with van der Waals surface area (Å²) in [5.41, 5.74) is -0.286. The van der Waals surface area contributed by atoms with Gasteiger partial charge in [-0.1, -0.05) is 0 Å². The highest BCUT2D eigenvalue weighted by molar-refractivity contribution is 5.94. The lowest BCUT2D eigenvalue weighted by molar-refractivity contribution is 0.0678. The van der Waals surface area contributed by atoms with E-state index in [-0.39, 0.29) is 22.6 Å². The Morgan fingerprint density at radius 3 is 2.15 bits per heavy atom. The van der Waals surface area contributed by atoms with Crippen LogP contribution in [0.5, 0.6) is 11.5 Å². The lowest BCUT2D eigenvalue weighted by atomic mass is 10.1. The van der Waals surface area contributed by atoms with E-state index in [2.05, 4.69) is 0 Å². The summed E-state index contributed by atoms with van der Waals surface area (Å²) in [4.78, 5) is 21.9. The zero-order valence-corrected chi connectivity index (χ0v) is 10.0. The van der Waals surface area contributed by atoms with Crippen molar-refractivity contribution in [2.24, 2.45) is 0 Å². The summed E-state index contributed by atoms with van der Waals surface area (Å²) in [7, 11) is 0. The van der Waals surface area contributed by atoms with Crippen molar-refractivity contribution >= 4 is 11.9 Å². The van der Waals surface area contributed by atoms with Crippen LogP contribution in [0.15, 0.2) is 42.5 Å². The number of benzene rings is 2. The topological polar surface area (TPSA) is 83.8 Å². The summed E-state index contributed by atoms with van der Waals surface area (Å²) in [5.74, 6) is -2.83. The molecule has 0 saturated heterocycles. The van der Waals surface area contributed by atoms with E-state index >= 15 is 0 Å². The summed E-state index contributed by atoms with van der Waals surface area (Å²) in [6.45, 7) is 0. The summed E-state index contributed by atoms with van der Waals surface area (Å²) >= 11 is 0. The van der Waals surface area contributed by atoms with Gasteiger partial charge in [-0.2, -0.15) is 0 Å². The van der Waals surface area contributed by atoms with Crippen molar-refractivity contribution in [1.29, 1.82) is 0 Å². The Hall–Kier alpha value is -2.89. The Morgan fingerprint density at radius 1 is 0.950 bits per heavy atom. The van der Waals surface area contributed by atoms with Gasteiger partial charge in [-0.3, -0.25) is 0 Å². The molecule has 2 N–H and O–H groups in total. The van der Waals surface area contributed by atoms with E-state index < -0.39 is 17.8 Å². The fourth-order valence-electron chi connectivity index (χ4n) is 1.55. The first-order chi connectivity index (χ1) is 9.47. The molecule has 0 aliphatic carbocycles. The van der Waals surface area contributed by atoms with Gasteiger partial charge in [-0.05, 0) is 42.5 Å². The smallest absolute Gasteiger partial charge is 0.339 e. The highest BCUT2D eigenvalue weighted by atomic mass is 19.1. The number of carboxylic acid groups (broad SMARTS) is 2. The Morgan fingerprint density at radius 2 is 1.60 bits per heavy atom. The van der Waals surface area contributed by atoms with Crippen LogP contribution < -0.4 is 4.74 Å². The molecule has 0 aliphatic rings. The molecule has 0 aromatic heterocycles. The van der Waals surface area contributed by atoms with Crippen molar-refractivity contribution in [3.8, 4) is 11.5 Å². The molecule has 20 heavy (non-hydrogen) atoms. The second-order valence-corrected chi connectivity index (χ2v) is 3.88. The molecule has 0 radical (unpaired) electrons. The van der Waals surface area contributed by atoms with Crippen LogP contribution in [0.25, 0.3) is 0 Å². The Balaban J connectivity index is 2.41. The summed E-state index contributed by atoms with van der Waals surface area (Å²) in [5, 5.41) is 17.9. The quantitative estimate of drug-likeness (QED) is 0.896. The van der Waals surface area contributed by atoms with Crippen molar-refractivity contribution in [3.05, 3.63) is 59.4 Å². The van der Waals surface area contributed by atoms with E-state index in [1.54, 1.807) is 0 Å². The van der Waals surface area contributed by atoms with Gasteiger partial charge in [0.2, 0.25) is 0 Å². The second-order valence-electron chi connectivity index (χ2n) is 3.88. The summed E-state index contributed by atoms with van der Waals surface area (Å²) in [6.07, 6.45) is 0. The number of halogens is 1.